The molecule has 1 atom stereocenters. The number of nitrogens with two attached hydrogens (primary N) is 1. The molecule has 0 saturated heterocycles. The van der Waals surface area contributed by atoms with Crippen molar-refractivity contribution in [1.29, 1.82) is 0 Å². The molecule has 4 nitrogen and oxygen atoms in total. The van der Waals surface area contributed by atoms with Crippen LogP contribution in [0.5, 0.6) is 0 Å². The Morgan fingerprint density at radius 2 is 2.29 bits per heavy atom. The van der Waals surface area contributed by atoms with Crippen LogP contribution in [0.4, 0.5) is 0 Å². The number of thioether (sulfide) groups is 1. The Bertz CT molecular complexity index is 648. The second-order valence-electron chi connectivity index (χ2n) is 4.67. The third kappa shape index (κ3) is 4.33. The fourth-order valence-corrected chi connectivity index (χ4v) is 3.00. The number of hydrogen-bond acceptors (Lipinski definition) is 4. The third-order valence-corrected chi connectivity index (χ3v) is 4.12. The van der Waals surface area contributed by atoms with Crippen LogP contribution in [0.15, 0.2) is 35.5 Å². The maximum Gasteiger partial charge on any atom is 0.154 e. The number of benzene rings is 1. The molecule has 0 saturated carbocycles. The van der Waals surface area contributed by atoms with Gasteiger partial charge >= 0.3 is 0 Å². The monoisotopic (exact) mass is 323 g/mol. The minimum absolute atomic E-state index is 0.0580. The second kappa shape index (κ2) is 7.64. The molecule has 2 rings (SSSR count). The van der Waals surface area contributed by atoms with Crippen LogP contribution in [0.1, 0.15) is 12.5 Å². The highest BCUT2D eigenvalue weighted by molar-refractivity contribution is 8.13. The first-order chi connectivity index (χ1) is 10.1. The third-order valence-electron chi connectivity index (χ3n) is 2.93. The van der Waals surface area contributed by atoms with Crippen LogP contribution in [0.2, 0.25) is 5.02 Å². The van der Waals surface area contributed by atoms with E-state index in [1.54, 1.807) is 13.3 Å². The van der Waals surface area contributed by atoms with Gasteiger partial charge in [-0.05, 0) is 30.7 Å². The highest BCUT2D eigenvalue weighted by Gasteiger charge is 2.07. The zero-order valence-electron chi connectivity index (χ0n) is 12.0. The predicted octanol–water partition coefficient (Wildman–Crippen LogP) is 3.47. The molecule has 0 fully saturated rings. The van der Waals surface area contributed by atoms with E-state index in [1.165, 1.54) is 11.8 Å². The van der Waals surface area contributed by atoms with Gasteiger partial charge in [-0.1, -0.05) is 29.4 Å². The molecule has 0 aliphatic carbocycles. The van der Waals surface area contributed by atoms with Gasteiger partial charge in [0.25, 0.3) is 0 Å². The summed E-state index contributed by atoms with van der Waals surface area (Å²) in [5.74, 6) is 0.708. The summed E-state index contributed by atoms with van der Waals surface area (Å²) in [6.07, 6.45) is 1.77. The normalized spacial score (nSPS) is 13.6. The molecule has 2 N–H and O–H groups in total. The SMILES string of the molecule is COCC(C)N=C(N)SCc1ccc(Cl)c2cccnc12. The second-order valence-corrected chi connectivity index (χ2v) is 6.07. The van der Waals surface area contributed by atoms with E-state index in [-0.39, 0.29) is 6.04 Å². The molecule has 2 aromatic rings. The van der Waals surface area contributed by atoms with Gasteiger partial charge in [-0.15, -0.1) is 0 Å². The summed E-state index contributed by atoms with van der Waals surface area (Å²) in [5.41, 5.74) is 7.94. The smallest absolute Gasteiger partial charge is 0.154 e. The lowest BCUT2D eigenvalue weighted by Crippen LogP contribution is -2.15. The Kier molecular flexibility index (Phi) is 5.85. The standard InChI is InChI=1S/C15H18ClN3OS/c1-10(8-20-2)19-15(17)21-9-11-5-6-13(16)12-4-3-7-18-14(11)12/h3-7,10H,8-9H2,1-2H3,(H2,17,19). The Morgan fingerprint density at radius 3 is 3.05 bits per heavy atom. The average molecular weight is 324 g/mol. The lowest BCUT2D eigenvalue weighted by atomic mass is 10.1. The first-order valence-corrected chi connectivity index (χ1v) is 7.95. The average Bonchev–Trinajstić information content (AvgIpc) is 2.47. The van der Waals surface area contributed by atoms with Gasteiger partial charge in [0.05, 0.1) is 18.2 Å². The van der Waals surface area contributed by atoms with Crippen LogP contribution < -0.4 is 5.73 Å². The van der Waals surface area contributed by atoms with Crippen molar-refractivity contribution < 1.29 is 4.74 Å². The molecular weight excluding hydrogens is 306 g/mol. The summed E-state index contributed by atoms with van der Waals surface area (Å²) in [6.45, 7) is 2.53. The zero-order valence-corrected chi connectivity index (χ0v) is 13.6. The van der Waals surface area contributed by atoms with Crippen LogP contribution in [-0.2, 0) is 10.5 Å². The van der Waals surface area contributed by atoms with E-state index in [0.717, 1.165) is 16.5 Å². The fraction of sp³-hybridized carbons (Fsp3) is 0.333. The van der Waals surface area contributed by atoms with Gasteiger partial charge in [-0.3, -0.25) is 9.98 Å². The van der Waals surface area contributed by atoms with Gasteiger partial charge in [-0.2, -0.15) is 0 Å². The van der Waals surface area contributed by atoms with Crippen molar-refractivity contribution in [3.63, 3.8) is 0 Å². The summed E-state index contributed by atoms with van der Waals surface area (Å²) in [7, 11) is 1.65. The topological polar surface area (TPSA) is 60.5 Å². The lowest BCUT2D eigenvalue weighted by molar-refractivity contribution is 0.186. The molecule has 1 heterocycles. The molecule has 0 bridgehead atoms. The van der Waals surface area contributed by atoms with E-state index in [9.17, 15) is 0 Å². The Morgan fingerprint density at radius 1 is 1.48 bits per heavy atom. The fourth-order valence-electron chi connectivity index (χ4n) is 2.00. The number of nitrogens with zero attached hydrogens (tertiary/aromatic N) is 2. The first kappa shape index (κ1) is 16.1. The van der Waals surface area contributed by atoms with Crippen molar-refractivity contribution >= 4 is 39.4 Å². The summed E-state index contributed by atoms with van der Waals surface area (Å²) < 4.78 is 5.04. The number of hydrogen-bond donors (Lipinski definition) is 1. The minimum atomic E-state index is 0.0580. The molecule has 0 radical (unpaired) electrons. The van der Waals surface area contributed by atoms with Gasteiger partial charge in [0.1, 0.15) is 0 Å². The molecule has 0 amide bonds. The van der Waals surface area contributed by atoms with Crippen molar-refractivity contribution in [2.45, 2.75) is 18.7 Å². The molecule has 0 aliphatic heterocycles. The highest BCUT2D eigenvalue weighted by Crippen LogP contribution is 2.27. The number of fused-ring (bicyclic) bond motifs is 1. The molecular formula is C15H18ClN3OS. The molecule has 1 aromatic carbocycles. The number of aliphatic imine (C=N–C) groups is 1. The summed E-state index contributed by atoms with van der Waals surface area (Å²) in [6, 6.07) is 7.78. The van der Waals surface area contributed by atoms with Gasteiger partial charge in [0, 0.05) is 29.5 Å². The number of ether oxygens (including phenoxy) is 1. The quantitative estimate of drug-likeness (QED) is 0.676. The van der Waals surface area contributed by atoms with Crippen LogP contribution in [0, 0.1) is 0 Å². The van der Waals surface area contributed by atoms with Gasteiger partial charge < -0.3 is 10.5 Å². The van der Waals surface area contributed by atoms with Crippen molar-refractivity contribution in [2.75, 3.05) is 13.7 Å². The number of halogens is 1. The zero-order chi connectivity index (χ0) is 15.2. The summed E-state index contributed by atoms with van der Waals surface area (Å²) in [4.78, 5) is 8.78. The number of methoxy groups -OCH3 is 1. The van der Waals surface area contributed by atoms with Crippen LogP contribution in [-0.4, -0.2) is 29.9 Å². The first-order valence-electron chi connectivity index (χ1n) is 6.59. The number of pyridine rings is 1. The van der Waals surface area contributed by atoms with Gasteiger partial charge in [0.2, 0.25) is 0 Å². The van der Waals surface area contributed by atoms with E-state index in [0.29, 0.717) is 22.6 Å². The van der Waals surface area contributed by atoms with Crippen molar-refractivity contribution in [3.05, 3.63) is 41.0 Å². The van der Waals surface area contributed by atoms with Gasteiger partial charge in [-0.25, -0.2) is 0 Å². The summed E-state index contributed by atoms with van der Waals surface area (Å²) in [5, 5.41) is 2.22. The van der Waals surface area contributed by atoms with Crippen molar-refractivity contribution in [3.8, 4) is 0 Å². The number of amidine groups is 1. The highest BCUT2D eigenvalue weighted by atomic mass is 35.5. The summed E-state index contributed by atoms with van der Waals surface area (Å²) >= 11 is 7.68. The Labute approximate surface area is 133 Å². The Hall–Kier alpha value is -1.30. The van der Waals surface area contributed by atoms with E-state index in [2.05, 4.69) is 9.98 Å². The number of aromatic nitrogens is 1. The molecule has 1 aromatic heterocycles. The minimum Gasteiger partial charge on any atom is -0.382 e. The van der Waals surface area contributed by atoms with E-state index < -0.39 is 0 Å². The van der Waals surface area contributed by atoms with E-state index in [4.69, 9.17) is 22.1 Å². The molecule has 21 heavy (non-hydrogen) atoms. The van der Waals surface area contributed by atoms with Crippen molar-refractivity contribution in [2.24, 2.45) is 10.7 Å². The van der Waals surface area contributed by atoms with Gasteiger partial charge in [0.15, 0.2) is 5.17 Å². The molecule has 112 valence electrons. The van der Waals surface area contributed by atoms with Crippen molar-refractivity contribution in [1.82, 2.24) is 4.98 Å². The molecule has 0 aliphatic rings. The van der Waals surface area contributed by atoms with Crippen LogP contribution >= 0.6 is 23.4 Å². The lowest BCUT2D eigenvalue weighted by Gasteiger charge is -2.08. The maximum atomic E-state index is 6.19. The largest absolute Gasteiger partial charge is 0.382 e. The Balaban J connectivity index is 2.12. The van der Waals surface area contributed by atoms with E-state index in [1.807, 2.05) is 31.2 Å². The van der Waals surface area contributed by atoms with Crippen LogP contribution in [0.25, 0.3) is 10.9 Å². The molecule has 0 spiro atoms. The predicted molar refractivity (Wildman–Crippen MR) is 91.0 cm³/mol. The molecule has 1 unspecified atom stereocenters. The number of rotatable bonds is 5. The van der Waals surface area contributed by atoms with Crippen LogP contribution in [0.3, 0.4) is 0 Å². The van der Waals surface area contributed by atoms with E-state index >= 15 is 0 Å². The molecule has 6 heteroatoms. The maximum absolute atomic E-state index is 6.19.